The van der Waals surface area contributed by atoms with Crippen molar-refractivity contribution in [2.45, 2.75) is 57.5 Å². The Labute approximate surface area is 210 Å². The number of rotatable bonds is 6. The number of nitrogens with one attached hydrogen (secondary N) is 1. The Kier molecular flexibility index (Phi) is 6.98. The minimum atomic E-state index is -0.0563. The van der Waals surface area contributed by atoms with Crippen molar-refractivity contribution >= 4 is 39.7 Å². The highest BCUT2D eigenvalue weighted by Gasteiger charge is 2.40. The molecule has 0 unspecified atom stereocenters. The number of amides is 1. The van der Waals surface area contributed by atoms with E-state index in [-0.39, 0.29) is 11.4 Å². The molecular formula is C26H34ClN5OS. The zero-order valence-corrected chi connectivity index (χ0v) is 21.7. The van der Waals surface area contributed by atoms with Crippen LogP contribution in [0.2, 0.25) is 5.02 Å². The van der Waals surface area contributed by atoms with E-state index in [1.807, 2.05) is 34.3 Å². The molecule has 0 radical (unpaired) electrons. The van der Waals surface area contributed by atoms with E-state index in [0.717, 1.165) is 55.1 Å². The number of carbonyl (C=O) groups excluding carboxylic acids is 1. The van der Waals surface area contributed by atoms with Crippen molar-refractivity contribution in [2.24, 2.45) is 0 Å². The molecule has 6 nitrogen and oxygen atoms in total. The minimum Gasteiger partial charge on any atom is -0.350 e. The van der Waals surface area contributed by atoms with E-state index in [9.17, 15) is 4.79 Å². The number of piperazine rings is 1. The van der Waals surface area contributed by atoms with Crippen LogP contribution in [-0.4, -0.2) is 69.6 Å². The number of thiazole rings is 1. The van der Waals surface area contributed by atoms with Gasteiger partial charge in [0.05, 0.1) is 16.1 Å². The van der Waals surface area contributed by atoms with Crippen molar-refractivity contribution in [1.29, 1.82) is 0 Å². The van der Waals surface area contributed by atoms with Gasteiger partial charge in [0, 0.05) is 67.5 Å². The zero-order chi connectivity index (χ0) is 23.7. The topological polar surface area (TPSA) is 53.4 Å². The fourth-order valence-corrected chi connectivity index (χ4v) is 6.68. The highest BCUT2D eigenvalue weighted by Crippen LogP contribution is 2.35. The number of fused-ring (bicyclic) bond motifs is 1. The number of nitrogens with zero attached hydrogens (tertiary/aromatic N) is 4. The fourth-order valence-electron chi connectivity index (χ4n) is 5.78. The third-order valence-electron chi connectivity index (χ3n) is 7.73. The predicted molar refractivity (Wildman–Crippen MR) is 140 cm³/mol. The van der Waals surface area contributed by atoms with Crippen molar-refractivity contribution < 1.29 is 4.79 Å². The summed E-state index contributed by atoms with van der Waals surface area (Å²) in [7, 11) is 0. The number of hydrogen-bond acceptors (Lipinski definition) is 5. The van der Waals surface area contributed by atoms with E-state index < -0.39 is 0 Å². The molecule has 1 aliphatic heterocycles. The number of benzene rings is 1. The number of hydrogen-bond donors (Lipinski definition) is 1. The van der Waals surface area contributed by atoms with Crippen LogP contribution in [0.3, 0.4) is 0 Å². The molecule has 0 atom stereocenters. The second-order valence-electron chi connectivity index (χ2n) is 9.95. The van der Waals surface area contributed by atoms with E-state index in [4.69, 9.17) is 11.6 Å². The molecule has 182 valence electrons. The first-order valence-electron chi connectivity index (χ1n) is 12.5. The molecule has 2 aromatic heterocycles. The van der Waals surface area contributed by atoms with Crippen LogP contribution < -0.4 is 5.32 Å². The van der Waals surface area contributed by atoms with Gasteiger partial charge in [-0.05, 0) is 38.8 Å². The molecule has 0 spiro atoms. The third kappa shape index (κ3) is 4.51. The highest BCUT2D eigenvalue weighted by molar-refractivity contribution is 7.12. The summed E-state index contributed by atoms with van der Waals surface area (Å²) >= 11 is 8.14. The maximum atomic E-state index is 13.6. The molecule has 1 aromatic carbocycles. The van der Waals surface area contributed by atoms with E-state index in [2.05, 4.69) is 33.9 Å². The molecule has 1 amide bonds. The largest absolute Gasteiger partial charge is 0.350 e. The van der Waals surface area contributed by atoms with Gasteiger partial charge in [0.25, 0.3) is 5.91 Å². The SMILES string of the molecule is CC(C)N1CCN(C2(CNC(=O)c3cn(-c4nccs4)c4cccc(Cl)c34)CCCCC2)CC1. The molecule has 34 heavy (non-hydrogen) atoms. The van der Waals surface area contributed by atoms with Gasteiger partial charge >= 0.3 is 0 Å². The molecule has 1 saturated carbocycles. The van der Waals surface area contributed by atoms with Gasteiger partial charge in [-0.25, -0.2) is 4.98 Å². The Balaban J connectivity index is 1.38. The molecule has 2 fully saturated rings. The third-order valence-corrected chi connectivity index (χ3v) is 8.81. The lowest BCUT2D eigenvalue weighted by molar-refractivity contribution is 0.000839. The van der Waals surface area contributed by atoms with Gasteiger partial charge in [-0.1, -0.05) is 36.9 Å². The lowest BCUT2D eigenvalue weighted by Gasteiger charge is -2.50. The molecule has 5 rings (SSSR count). The first-order valence-corrected chi connectivity index (χ1v) is 13.7. The summed E-state index contributed by atoms with van der Waals surface area (Å²) in [6.45, 7) is 9.59. The van der Waals surface area contributed by atoms with Crippen molar-refractivity contribution in [2.75, 3.05) is 32.7 Å². The summed E-state index contributed by atoms with van der Waals surface area (Å²) in [5, 5.41) is 7.49. The van der Waals surface area contributed by atoms with E-state index in [1.54, 1.807) is 17.5 Å². The van der Waals surface area contributed by atoms with Gasteiger partial charge < -0.3 is 5.32 Å². The van der Waals surface area contributed by atoms with Gasteiger partial charge in [-0.3, -0.25) is 19.2 Å². The van der Waals surface area contributed by atoms with Crippen LogP contribution in [-0.2, 0) is 0 Å². The molecule has 2 aliphatic rings. The van der Waals surface area contributed by atoms with E-state index in [1.165, 1.54) is 19.3 Å². The van der Waals surface area contributed by atoms with Crippen LogP contribution in [0.4, 0.5) is 0 Å². The second kappa shape index (κ2) is 9.97. The Hall–Kier alpha value is -1.93. The number of halogens is 1. The van der Waals surface area contributed by atoms with Crippen LogP contribution in [0, 0.1) is 0 Å². The van der Waals surface area contributed by atoms with Crippen LogP contribution >= 0.6 is 22.9 Å². The van der Waals surface area contributed by atoms with Crippen molar-refractivity contribution in [3.8, 4) is 5.13 Å². The van der Waals surface area contributed by atoms with Crippen molar-refractivity contribution in [1.82, 2.24) is 24.7 Å². The standard InChI is InChI=1S/C26H34ClN5OS/c1-19(2)30-12-14-31(15-13-30)26(9-4-3-5-10-26)18-29-24(33)20-17-32(25-28-11-16-34-25)22-8-6-7-21(27)23(20)22/h6-8,11,16-17,19H,3-5,9-10,12-15,18H2,1-2H3,(H,29,33). The van der Waals surface area contributed by atoms with Gasteiger partial charge in [-0.2, -0.15) is 0 Å². The Morgan fingerprint density at radius 3 is 2.62 bits per heavy atom. The molecule has 0 bridgehead atoms. The smallest absolute Gasteiger partial charge is 0.253 e. The van der Waals surface area contributed by atoms with Crippen LogP contribution in [0.25, 0.3) is 16.0 Å². The summed E-state index contributed by atoms with van der Waals surface area (Å²) in [6.07, 6.45) is 9.72. The summed E-state index contributed by atoms with van der Waals surface area (Å²) in [6, 6.07) is 6.36. The van der Waals surface area contributed by atoms with Crippen molar-refractivity contribution in [3.05, 3.63) is 46.6 Å². The lowest BCUT2D eigenvalue weighted by Crippen LogP contribution is -2.62. The number of aromatic nitrogens is 2. The predicted octanol–water partition coefficient (Wildman–Crippen LogP) is 5.20. The Morgan fingerprint density at radius 1 is 1.18 bits per heavy atom. The molecule has 8 heteroatoms. The van der Waals surface area contributed by atoms with Gasteiger partial charge in [0.2, 0.25) is 0 Å². The summed E-state index contributed by atoms with van der Waals surface area (Å²) in [4.78, 5) is 23.2. The maximum Gasteiger partial charge on any atom is 0.253 e. The van der Waals surface area contributed by atoms with Crippen LogP contribution in [0.15, 0.2) is 36.0 Å². The fraction of sp³-hybridized carbons (Fsp3) is 0.538. The summed E-state index contributed by atoms with van der Waals surface area (Å²) < 4.78 is 1.97. The Morgan fingerprint density at radius 2 is 1.94 bits per heavy atom. The minimum absolute atomic E-state index is 0.0501. The van der Waals surface area contributed by atoms with Crippen molar-refractivity contribution in [3.63, 3.8) is 0 Å². The first-order chi connectivity index (χ1) is 16.5. The zero-order valence-electron chi connectivity index (χ0n) is 20.1. The maximum absolute atomic E-state index is 13.6. The molecule has 1 N–H and O–H groups in total. The monoisotopic (exact) mass is 499 g/mol. The summed E-state index contributed by atoms with van der Waals surface area (Å²) in [5.41, 5.74) is 1.57. The molecule has 1 aliphatic carbocycles. The molecule has 3 aromatic rings. The highest BCUT2D eigenvalue weighted by atomic mass is 35.5. The molecule has 1 saturated heterocycles. The average molecular weight is 500 g/mol. The van der Waals surface area contributed by atoms with E-state index in [0.29, 0.717) is 23.2 Å². The first kappa shape index (κ1) is 23.8. The molecule has 3 heterocycles. The average Bonchev–Trinajstić information content (AvgIpc) is 3.52. The Bertz CT molecular complexity index is 1130. The number of carbonyl (C=O) groups is 1. The summed E-state index contributed by atoms with van der Waals surface area (Å²) in [5.74, 6) is -0.0563. The second-order valence-corrected chi connectivity index (χ2v) is 11.2. The molecular weight excluding hydrogens is 466 g/mol. The lowest BCUT2D eigenvalue weighted by atomic mass is 9.79. The van der Waals surface area contributed by atoms with Crippen LogP contribution in [0.1, 0.15) is 56.3 Å². The van der Waals surface area contributed by atoms with E-state index >= 15 is 0 Å². The van der Waals surface area contributed by atoms with Crippen LogP contribution in [0.5, 0.6) is 0 Å². The quantitative estimate of drug-likeness (QED) is 0.506. The van der Waals surface area contributed by atoms with Gasteiger partial charge in [0.1, 0.15) is 0 Å². The normalized spacial score (nSPS) is 19.6. The van der Waals surface area contributed by atoms with Gasteiger partial charge in [-0.15, -0.1) is 11.3 Å². The van der Waals surface area contributed by atoms with Gasteiger partial charge in [0.15, 0.2) is 5.13 Å².